The van der Waals surface area contributed by atoms with Crippen molar-refractivity contribution in [1.29, 1.82) is 5.41 Å². The van der Waals surface area contributed by atoms with Gasteiger partial charge in [-0.05, 0) is 55.0 Å². The highest BCUT2D eigenvalue weighted by atomic mass is 16.5. The SMILES string of the molecule is Cc1cc(C=N)c(N)cc1C1=CCC(N2CCOCC2)CC1. The molecule has 0 saturated carbocycles. The third-order valence-corrected chi connectivity index (χ3v) is 4.88. The zero-order valence-corrected chi connectivity index (χ0v) is 13.3. The zero-order chi connectivity index (χ0) is 15.5. The molecule has 1 aromatic rings. The maximum absolute atomic E-state index is 7.40. The number of rotatable bonds is 3. The van der Waals surface area contributed by atoms with Gasteiger partial charge in [0.15, 0.2) is 0 Å². The number of hydrogen-bond donors (Lipinski definition) is 2. The number of aryl methyl sites for hydroxylation is 1. The van der Waals surface area contributed by atoms with Gasteiger partial charge in [0, 0.05) is 36.6 Å². The summed E-state index contributed by atoms with van der Waals surface area (Å²) in [5.74, 6) is 0. The van der Waals surface area contributed by atoms with Gasteiger partial charge in [0.1, 0.15) is 0 Å². The maximum Gasteiger partial charge on any atom is 0.0594 e. The molecule has 2 aliphatic rings. The number of morpholine rings is 1. The average Bonchev–Trinajstić information content (AvgIpc) is 2.57. The lowest BCUT2D eigenvalue weighted by Crippen LogP contribution is -2.43. The van der Waals surface area contributed by atoms with Crippen LogP contribution in [0, 0.1) is 12.3 Å². The van der Waals surface area contributed by atoms with Crippen LogP contribution in [-0.4, -0.2) is 43.5 Å². The van der Waals surface area contributed by atoms with Crippen molar-refractivity contribution in [1.82, 2.24) is 4.90 Å². The van der Waals surface area contributed by atoms with E-state index in [2.05, 4.69) is 17.9 Å². The molecule has 1 atom stereocenters. The molecule has 1 fully saturated rings. The molecular formula is C18H25N3O. The molecule has 1 heterocycles. The van der Waals surface area contributed by atoms with Crippen LogP contribution >= 0.6 is 0 Å². The summed E-state index contributed by atoms with van der Waals surface area (Å²) in [6.45, 7) is 5.97. The van der Waals surface area contributed by atoms with Gasteiger partial charge in [-0.1, -0.05) is 6.08 Å². The smallest absolute Gasteiger partial charge is 0.0594 e. The van der Waals surface area contributed by atoms with Crippen LogP contribution in [0.3, 0.4) is 0 Å². The van der Waals surface area contributed by atoms with E-state index in [0.29, 0.717) is 11.7 Å². The van der Waals surface area contributed by atoms with Gasteiger partial charge in [-0.2, -0.15) is 0 Å². The van der Waals surface area contributed by atoms with Crippen molar-refractivity contribution in [2.75, 3.05) is 32.0 Å². The predicted octanol–water partition coefficient (Wildman–Crippen LogP) is 2.84. The second-order valence-electron chi connectivity index (χ2n) is 6.25. The molecule has 0 bridgehead atoms. The van der Waals surface area contributed by atoms with Crippen LogP contribution in [0.1, 0.15) is 36.0 Å². The Hall–Kier alpha value is -1.65. The summed E-state index contributed by atoms with van der Waals surface area (Å²) in [7, 11) is 0. The largest absolute Gasteiger partial charge is 0.398 e. The Kier molecular flexibility index (Phi) is 4.60. The second kappa shape index (κ2) is 6.63. The summed E-state index contributed by atoms with van der Waals surface area (Å²) in [4.78, 5) is 2.57. The quantitative estimate of drug-likeness (QED) is 0.666. The van der Waals surface area contributed by atoms with Gasteiger partial charge in [-0.3, -0.25) is 4.90 Å². The van der Waals surface area contributed by atoms with Gasteiger partial charge in [-0.25, -0.2) is 0 Å². The van der Waals surface area contributed by atoms with E-state index in [1.165, 1.54) is 29.3 Å². The topological polar surface area (TPSA) is 62.3 Å². The minimum atomic E-state index is 0.658. The number of nitrogens with two attached hydrogens (primary N) is 1. The van der Waals surface area contributed by atoms with Crippen LogP contribution in [0.15, 0.2) is 18.2 Å². The fourth-order valence-corrected chi connectivity index (χ4v) is 3.56. The summed E-state index contributed by atoms with van der Waals surface area (Å²) in [5.41, 5.74) is 11.4. The lowest BCUT2D eigenvalue weighted by atomic mass is 9.87. The van der Waals surface area contributed by atoms with Crippen molar-refractivity contribution < 1.29 is 4.74 Å². The van der Waals surface area contributed by atoms with E-state index in [4.69, 9.17) is 15.9 Å². The summed E-state index contributed by atoms with van der Waals surface area (Å²) < 4.78 is 5.44. The molecule has 4 heteroatoms. The van der Waals surface area contributed by atoms with Gasteiger partial charge in [-0.15, -0.1) is 0 Å². The molecule has 1 aliphatic heterocycles. The van der Waals surface area contributed by atoms with Crippen molar-refractivity contribution in [3.8, 4) is 0 Å². The molecule has 0 radical (unpaired) electrons. The van der Waals surface area contributed by atoms with Crippen LogP contribution in [0.25, 0.3) is 5.57 Å². The number of benzene rings is 1. The summed E-state index contributed by atoms with van der Waals surface area (Å²) >= 11 is 0. The average molecular weight is 299 g/mol. The Labute approximate surface area is 132 Å². The highest BCUT2D eigenvalue weighted by Crippen LogP contribution is 2.33. The predicted molar refractivity (Wildman–Crippen MR) is 91.5 cm³/mol. The van der Waals surface area contributed by atoms with Gasteiger partial charge in [0.05, 0.1) is 13.2 Å². The van der Waals surface area contributed by atoms with Crippen LogP contribution in [-0.2, 0) is 4.74 Å². The summed E-state index contributed by atoms with van der Waals surface area (Å²) in [5, 5.41) is 7.40. The Bertz CT molecular complexity index is 588. The highest BCUT2D eigenvalue weighted by molar-refractivity contribution is 5.87. The molecular weight excluding hydrogens is 274 g/mol. The summed E-state index contributed by atoms with van der Waals surface area (Å²) in [6, 6.07) is 4.72. The molecule has 22 heavy (non-hydrogen) atoms. The first-order chi connectivity index (χ1) is 10.7. The first-order valence-electron chi connectivity index (χ1n) is 8.11. The molecule has 0 amide bonds. The minimum absolute atomic E-state index is 0.658. The van der Waals surface area contributed by atoms with E-state index in [-0.39, 0.29) is 0 Å². The third-order valence-electron chi connectivity index (χ3n) is 4.88. The standard InChI is InChI=1S/C18H25N3O/c1-13-10-15(12-19)18(20)11-17(13)14-2-4-16(5-3-14)21-6-8-22-9-7-21/h2,10-12,16,19H,3-9,20H2,1H3. The molecule has 1 unspecified atom stereocenters. The van der Waals surface area contributed by atoms with Crippen molar-refractivity contribution in [2.24, 2.45) is 0 Å². The van der Waals surface area contributed by atoms with Crippen molar-refractivity contribution >= 4 is 17.5 Å². The fraction of sp³-hybridized carbons (Fsp3) is 0.500. The van der Waals surface area contributed by atoms with Crippen LogP contribution in [0.2, 0.25) is 0 Å². The van der Waals surface area contributed by atoms with Crippen LogP contribution in [0.5, 0.6) is 0 Å². The molecule has 1 aliphatic carbocycles. The molecule has 1 saturated heterocycles. The van der Waals surface area contributed by atoms with E-state index >= 15 is 0 Å². The number of hydrogen-bond acceptors (Lipinski definition) is 4. The zero-order valence-electron chi connectivity index (χ0n) is 13.3. The van der Waals surface area contributed by atoms with E-state index in [1.54, 1.807) is 0 Å². The number of nitrogens with one attached hydrogen (secondary N) is 1. The number of nitrogen functional groups attached to an aromatic ring is 1. The number of anilines is 1. The highest BCUT2D eigenvalue weighted by Gasteiger charge is 2.23. The number of ether oxygens (including phenoxy) is 1. The van der Waals surface area contributed by atoms with Gasteiger partial charge < -0.3 is 15.9 Å². The molecule has 4 nitrogen and oxygen atoms in total. The second-order valence-corrected chi connectivity index (χ2v) is 6.25. The van der Waals surface area contributed by atoms with E-state index in [1.807, 2.05) is 12.1 Å². The fourth-order valence-electron chi connectivity index (χ4n) is 3.56. The molecule has 118 valence electrons. The minimum Gasteiger partial charge on any atom is -0.398 e. The van der Waals surface area contributed by atoms with Crippen molar-refractivity contribution in [2.45, 2.75) is 32.2 Å². The molecule has 0 spiro atoms. The molecule has 1 aromatic carbocycles. The van der Waals surface area contributed by atoms with Crippen LogP contribution in [0.4, 0.5) is 5.69 Å². The third kappa shape index (κ3) is 3.08. The summed E-state index contributed by atoms with van der Waals surface area (Å²) in [6.07, 6.45) is 7.13. The van der Waals surface area contributed by atoms with Crippen molar-refractivity contribution in [3.05, 3.63) is 34.9 Å². The number of allylic oxidation sites excluding steroid dienone is 1. The first-order valence-corrected chi connectivity index (χ1v) is 8.11. The van der Waals surface area contributed by atoms with E-state index in [0.717, 1.165) is 44.7 Å². The molecule has 3 N–H and O–H groups in total. The van der Waals surface area contributed by atoms with Gasteiger partial charge in [0.2, 0.25) is 0 Å². The van der Waals surface area contributed by atoms with E-state index in [9.17, 15) is 0 Å². The Morgan fingerprint density at radius 1 is 1.32 bits per heavy atom. The van der Waals surface area contributed by atoms with E-state index < -0.39 is 0 Å². The Morgan fingerprint density at radius 2 is 2.09 bits per heavy atom. The Balaban J connectivity index is 1.75. The number of nitrogens with zero attached hydrogens (tertiary/aromatic N) is 1. The lowest BCUT2D eigenvalue weighted by Gasteiger charge is -2.36. The Morgan fingerprint density at radius 3 is 2.73 bits per heavy atom. The van der Waals surface area contributed by atoms with Gasteiger partial charge >= 0.3 is 0 Å². The molecule has 3 rings (SSSR count). The lowest BCUT2D eigenvalue weighted by molar-refractivity contribution is 0.0150. The first kappa shape index (κ1) is 15.3. The monoisotopic (exact) mass is 299 g/mol. The van der Waals surface area contributed by atoms with Crippen LogP contribution < -0.4 is 5.73 Å². The molecule has 0 aromatic heterocycles. The normalized spacial score (nSPS) is 23.1. The van der Waals surface area contributed by atoms with Gasteiger partial charge in [0.25, 0.3) is 0 Å². The maximum atomic E-state index is 7.40. The van der Waals surface area contributed by atoms with Crippen molar-refractivity contribution in [3.63, 3.8) is 0 Å².